The number of halogens is 1. The fourth-order valence-corrected chi connectivity index (χ4v) is 4.88. The molecule has 116 valence electrons. The summed E-state index contributed by atoms with van der Waals surface area (Å²) in [5, 5.41) is 9.63. The Balaban J connectivity index is 1.96. The molecule has 2 aliphatic rings. The standard InChI is InChI=1S/C20H19BrN2/c1-19(2)16-8-9-20(19,3)18-15(16)10-13(11-22)17(23-18)12-4-6-14(21)7-5-12/h4-7,10,16H,8-9H2,1-3H3/t16-,20+/m1/s1. The van der Waals surface area contributed by atoms with Gasteiger partial charge in [0.2, 0.25) is 0 Å². The van der Waals surface area contributed by atoms with E-state index in [2.05, 4.69) is 48.8 Å². The number of hydrogen-bond acceptors (Lipinski definition) is 2. The number of benzene rings is 1. The summed E-state index contributed by atoms with van der Waals surface area (Å²) < 4.78 is 1.04. The van der Waals surface area contributed by atoms with Crippen LogP contribution in [-0.4, -0.2) is 4.98 Å². The quantitative estimate of drug-likeness (QED) is 0.662. The number of hydrogen-bond donors (Lipinski definition) is 0. The van der Waals surface area contributed by atoms with Crippen LogP contribution in [0.4, 0.5) is 0 Å². The zero-order valence-corrected chi connectivity index (χ0v) is 15.2. The molecule has 1 fully saturated rings. The molecule has 1 saturated carbocycles. The number of nitrogens with zero attached hydrogens (tertiary/aromatic N) is 2. The number of fused-ring (bicyclic) bond motifs is 5. The van der Waals surface area contributed by atoms with E-state index in [9.17, 15) is 5.26 Å². The van der Waals surface area contributed by atoms with Crippen molar-refractivity contribution in [2.24, 2.45) is 5.41 Å². The summed E-state index contributed by atoms with van der Waals surface area (Å²) in [7, 11) is 0. The molecule has 23 heavy (non-hydrogen) atoms. The van der Waals surface area contributed by atoms with Crippen molar-refractivity contribution in [2.75, 3.05) is 0 Å². The van der Waals surface area contributed by atoms with E-state index >= 15 is 0 Å². The number of pyridine rings is 1. The van der Waals surface area contributed by atoms with Crippen LogP contribution < -0.4 is 0 Å². The lowest BCUT2D eigenvalue weighted by molar-refractivity contribution is 0.227. The highest BCUT2D eigenvalue weighted by molar-refractivity contribution is 9.10. The van der Waals surface area contributed by atoms with Crippen molar-refractivity contribution >= 4 is 15.9 Å². The summed E-state index contributed by atoms with van der Waals surface area (Å²) >= 11 is 3.47. The highest BCUT2D eigenvalue weighted by atomic mass is 79.9. The van der Waals surface area contributed by atoms with E-state index in [1.807, 2.05) is 24.3 Å². The maximum absolute atomic E-state index is 9.63. The molecule has 2 atom stereocenters. The van der Waals surface area contributed by atoms with Gasteiger partial charge in [-0.1, -0.05) is 48.8 Å². The van der Waals surface area contributed by atoms with Crippen molar-refractivity contribution in [3.63, 3.8) is 0 Å². The zero-order chi connectivity index (χ0) is 16.4. The number of rotatable bonds is 1. The Bertz CT molecular complexity index is 845. The summed E-state index contributed by atoms with van der Waals surface area (Å²) in [4.78, 5) is 5.04. The van der Waals surface area contributed by atoms with Gasteiger partial charge in [0.15, 0.2) is 0 Å². The van der Waals surface area contributed by atoms with Crippen molar-refractivity contribution in [3.8, 4) is 17.3 Å². The third kappa shape index (κ3) is 1.82. The first kappa shape index (κ1) is 14.9. The van der Waals surface area contributed by atoms with Crippen LogP contribution in [0.2, 0.25) is 0 Å². The van der Waals surface area contributed by atoms with Crippen molar-refractivity contribution in [3.05, 3.63) is 51.6 Å². The Hall–Kier alpha value is -1.66. The van der Waals surface area contributed by atoms with Gasteiger partial charge < -0.3 is 0 Å². The summed E-state index contributed by atoms with van der Waals surface area (Å²) in [6.07, 6.45) is 2.40. The second-order valence-electron chi connectivity index (χ2n) is 7.59. The SMILES string of the molecule is CC1(C)[C@@H]2CC[C@@]1(C)c1nc(-c3ccc(Br)cc3)c(C#N)cc12. The molecule has 0 radical (unpaired) electrons. The fourth-order valence-electron chi connectivity index (χ4n) is 4.62. The van der Waals surface area contributed by atoms with Crippen LogP contribution in [0.1, 0.15) is 56.4 Å². The molecule has 0 unspecified atom stereocenters. The fraction of sp³-hybridized carbons (Fsp3) is 0.400. The minimum atomic E-state index is 0.116. The first-order valence-electron chi connectivity index (χ1n) is 8.10. The van der Waals surface area contributed by atoms with E-state index in [4.69, 9.17) is 4.98 Å². The maximum Gasteiger partial charge on any atom is 0.101 e. The highest BCUT2D eigenvalue weighted by Gasteiger charge is 2.60. The van der Waals surface area contributed by atoms with Crippen molar-refractivity contribution in [1.82, 2.24) is 4.98 Å². The molecule has 0 N–H and O–H groups in total. The lowest BCUT2D eigenvalue weighted by Gasteiger charge is -2.34. The molecule has 4 rings (SSSR count). The average Bonchev–Trinajstić information content (AvgIpc) is 2.86. The van der Waals surface area contributed by atoms with Crippen molar-refractivity contribution < 1.29 is 0 Å². The Morgan fingerprint density at radius 1 is 1.22 bits per heavy atom. The van der Waals surface area contributed by atoms with Crippen molar-refractivity contribution in [1.29, 1.82) is 5.26 Å². The molecule has 0 spiro atoms. The molecule has 1 aromatic carbocycles. The third-order valence-electron chi connectivity index (χ3n) is 6.41. The van der Waals surface area contributed by atoms with Crippen LogP contribution in [0.5, 0.6) is 0 Å². The summed E-state index contributed by atoms with van der Waals surface area (Å²) in [6, 6.07) is 12.5. The minimum Gasteiger partial charge on any atom is -0.251 e. The first-order chi connectivity index (χ1) is 10.9. The molecule has 0 saturated heterocycles. The molecule has 3 heteroatoms. The van der Waals surface area contributed by atoms with Gasteiger partial charge in [0.05, 0.1) is 17.0 Å². The van der Waals surface area contributed by atoms with Gasteiger partial charge in [0.1, 0.15) is 6.07 Å². The number of nitriles is 1. The Labute approximate surface area is 145 Å². The monoisotopic (exact) mass is 366 g/mol. The van der Waals surface area contributed by atoms with Gasteiger partial charge >= 0.3 is 0 Å². The van der Waals surface area contributed by atoms with Crippen LogP contribution in [-0.2, 0) is 5.41 Å². The maximum atomic E-state index is 9.63. The third-order valence-corrected chi connectivity index (χ3v) is 6.94. The van der Waals surface area contributed by atoms with Crippen LogP contribution >= 0.6 is 15.9 Å². The van der Waals surface area contributed by atoms with E-state index in [1.54, 1.807) is 0 Å². The van der Waals surface area contributed by atoms with E-state index in [0.29, 0.717) is 11.5 Å². The van der Waals surface area contributed by atoms with E-state index in [-0.39, 0.29) is 10.8 Å². The van der Waals surface area contributed by atoms with Crippen LogP contribution in [0.3, 0.4) is 0 Å². The molecular weight excluding hydrogens is 348 g/mol. The van der Waals surface area contributed by atoms with Crippen molar-refractivity contribution in [2.45, 2.75) is 44.9 Å². The molecule has 0 aliphatic heterocycles. The normalized spacial score (nSPS) is 26.8. The molecule has 2 aliphatic carbocycles. The minimum absolute atomic E-state index is 0.116. The lowest BCUT2D eigenvalue weighted by atomic mass is 9.70. The topological polar surface area (TPSA) is 36.7 Å². The van der Waals surface area contributed by atoms with Gasteiger partial charge in [0.25, 0.3) is 0 Å². The van der Waals surface area contributed by atoms with Gasteiger partial charge in [-0.25, -0.2) is 0 Å². The Kier molecular flexibility index (Phi) is 3.03. The van der Waals surface area contributed by atoms with Gasteiger partial charge in [0, 0.05) is 15.5 Å². The highest BCUT2D eigenvalue weighted by Crippen LogP contribution is 2.67. The first-order valence-corrected chi connectivity index (χ1v) is 8.89. The second kappa shape index (κ2) is 4.68. The second-order valence-corrected chi connectivity index (χ2v) is 8.50. The average molecular weight is 367 g/mol. The van der Waals surface area contributed by atoms with Crippen LogP contribution in [0.25, 0.3) is 11.3 Å². The van der Waals surface area contributed by atoms with Crippen LogP contribution in [0, 0.1) is 16.7 Å². The van der Waals surface area contributed by atoms with Gasteiger partial charge in [-0.15, -0.1) is 0 Å². The largest absolute Gasteiger partial charge is 0.251 e. The predicted octanol–water partition coefficient (Wildman–Crippen LogP) is 5.56. The summed E-state index contributed by atoms with van der Waals surface area (Å²) in [6.45, 7) is 7.07. The predicted molar refractivity (Wildman–Crippen MR) is 95.2 cm³/mol. The van der Waals surface area contributed by atoms with Gasteiger partial charge in [-0.05, 0) is 47.9 Å². The Morgan fingerprint density at radius 3 is 2.57 bits per heavy atom. The molecule has 2 bridgehead atoms. The molecule has 0 amide bonds. The van der Waals surface area contributed by atoms with Gasteiger partial charge in [-0.2, -0.15) is 5.26 Å². The van der Waals surface area contributed by atoms with E-state index < -0.39 is 0 Å². The zero-order valence-electron chi connectivity index (χ0n) is 13.7. The van der Waals surface area contributed by atoms with E-state index in [0.717, 1.165) is 15.7 Å². The van der Waals surface area contributed by atoms with Gasteiger partial charge in [-0.3, -0.25) is 4.98 Å². The van der Waals surface area contributed by atoms with E-state index in [1.165, 1.54) is 24.1 Å². The molecular formula is C20H19BrN2. The smallest absolute Gasteiger partial charge is 0.101 e. The molecule has 2 aromatic rings. The summed E-state index contributed by atoms with van der Waals surface area (Å²) in [5.41, 5.74) is 5.38. The summed E-state index contributed by atoms with van der Waals surface area (Å²) in [5.74, 6) is 0.529. The number of aromatic nitrogens is 1. The molecule has 1 heterocycles. The Morgan fingerprint density at radius 2 is 1.91 bits per heavy atom. The lowest BCUT2D eigenvalue weighted by Crippen LogP contribution is -2.32. The molecule has 2 nitrogen and oxygen atoms in total. The van der Waals surface area contributed by atoms with Crippen LogP contribution in [0.15, 0.2) is 34.8 Å². The molecule has 1 aromatic heterocycles.